The zero-order chi connectivity index (χ0) is 9.97. The zero-order valence-electron chi connectivity index (χ0n) is 7.43. The molecule has 1 N–H and O–H groups in total. The van der Waals surface area contributed by atoms with Gasteiger partial charge in [0.2, 0.25) is 0 Å². The topological polar surface area (TPSA) is 62.5 Å². The molecule has 2 rings (SSSR count). The van der Waals surface area contributed by atoms with Crippen LogP contribution in [0.3, 0.4) is 0 Å². The average Bonchev–Trinajstić information content (AvgIpc) is 2.57. The third kappa shape index (κ3) is 1.50. The van der Waals surface area contributed by atoms with E-state index >= 15 is 0 Å². The lowest BCUT2D eigenvalue weighted by Crippen LogP contribution is -1.97. The van der Waals surface area contributed by atoms with Gasteiger partial charge in [0.25, 0.3) is 0 Å². The van der Waals surface area contributed by atoms with Crippen LogP contribution in [-0.4, -0.2) is 18.3 Å². The van der Waals surface area contributed by atoms with Gasteiger partial charge in [-0.3, -0.25) is 0 Å². The van der Waals surface area contributed by atoms with E-state index < -0.39 is 6.10 Å². The molecule has 1 aliphatic rings. The van der Waals surface area contributed by atoms with Gasteiger partial charge >= 0.3 is 0 Å². The van der Waals surface area contributed by atoms with Gasteiger partial charge in [-0.1, -0.05) is 0 Å². The molecule has 1 heterocycles. The van der Waals surface area contributed by atoms with E-state index in [1.54, 1.807) is 18.2 Å². The summed E-state index contributed by atoms with van der Waals surface area (Å²) in [6, 6.07) is 7.03. The highest BCUT2D eigenvalue weighted by Crippen LogP contribution is 2.34. The summed E-state index contributed by atoms with van der Waals surface area (Å²) in [6.45, 7) is 0.304. The second-order valence-corrected chi connectivity index (χ2v) is 2.97. The first-order chi connectivity index (χ1) is 6.81. The van der Waals surface area contributed by atoms with Crippen molar-refractivity contribution >= 4 is 0 Å². The third-order valence-electron chi connectivity index (χ3n) is 2.04. The summed E-state index contributed by atoms with van der Waals surface area (Å²) in [5.41, 5.74) is 0.773. The predicted molar refractivity (Wildman–Crippen MR) is 48.0 cm³/mol. The van der Waals surface area contributed by atoms with Crippen LogP contribution in [0, 0.1) is 11.3 Å². The summed E-state index contributed by atoms with van der Waals surface area (Å²) in [5.74, 6) is 1.22. The van der Waals surface area contributed by atoms with Crippen molar-refractivity contribution in [3.8, 4) is 17.6 Å². The number of ether oxygens (including phenoxy) is 2. The quantitative estimate of drug-likeness (QED) is 0.757. The van der Waals surface area contributed by atoms with E-state index in [0.29, 0.717) is 11.5 Å². The number of nitrogens with zero attached hydrogens (tertiary/aromatic N) is 1. The Morgan fingerprint density at radius 2 is 2.50 bits per heavy atom. The number of rotatable bonds is 2. The lowest BCUT2D eigenvalue weighted by Gasteiger charge is -2.04. The Hall–Kier alpha value is -1.73. The number of hydrogen-bond acceptors (Lipinski definition) is 4. The molecule has 0 aromatic heterocycles. The van der Waals surface area contributed by atoms with Crippen molar-refractivity contribution in [2.24, 2.45) is 0 Å². The predicted octanol–water partition coefficient (Wildman–Crippen LogP) is 1.01. The first kappa shape index (κ1) is 8.85. The van der Waals surface area contributed by atoms with Crippen LogP contribution < -0.4 is 9.47 Å². The van der Waals surface area contributed by atoms with Crippen molar-refractivity contribution < 1.29 is 14.6 Å². The Morgan fingerprint density at radius 1 is 1.64 bits per heavy atom. The van der Waals surface area contributed by atoms with Gasteiger partial charge in [-0.15, -0.1) is 0 Å². The van der Waals surface area contributed by atoms with Gasteiger partial charge in [0.15, 0.2) is 6.61 Å². The molecule has 1 unspecified atom stereocenters. The van der Waals surface area contributed by atoms with Gasteiger partial charge in [-0.25, -0.2) is 0 Å². The number of hydrogen-bond donors (Lipinski definition) is 1. The fourth-order valence-electron chi connectivity index (χ4n) is 1.38. The number of fused-ring (bicyclic) bond motifs is 1. The number of aliphatic hydroxyl groups is 1. The molecule has 0 amide bonds. The normalized spacial score (nSPS) is 18.1. The fraction of sp³-hybridized carbons (Fsp3) is 0.300. The summed E-state index contributed by atoms with van der Waals surface area (Å²) in [7, 11) is 0. The van der Waals surface area contributed by atoms with Gasteiger partial charge in [0.05, 0.1) is 0 Å². The molecule has 0 fully saturated rings. The molecule has 1 aliphatic heterocycles. The highest BCUT2D eigenvalue weighted by molar-refractivity contribution is 5.44. The fourth-order valence-corrected chi connectivity index (χ4v) is 1.38. The molecule has 0 aliphatic carbocycles. The lowest BCUT2D eigenvalue weighted by molar-refractivity contribution is 0.140. The number of benzene rings is 1. The Kier molecular flexibility index (Phi) is 2.25. The Bertz CT molecular complexity index is 383. The molecule has 0 radical (unpaired) electrons. The average molecular weight is 191 g/mol. The summed E-state index contributed by atoms with van der Waals surface area (Å²) >= 11 is 0. The second kappa shape index (κ2) is 3.56. The summed E-state index contributed by atoms with van der Waals surface area (Å²) in [4.78, 5) is 0. The van der Waals surface area contributed by atoms with E-state index in [4.69, 9.17) is 14.7 Å². The number of nitriles is 1. The molecule has 72 valence electrons. The minimum atomic E-state index is -0.546. The largest absolute Gasteiger partial charge is 0.490 e. The standard InChI is InChI=1S/C10H9NO3/c11-3-4-13-7-1-2-8-9(12)6-14-10(8)5-7/h1-2,5,9,12H,4,6H2. The first-order valence-electron chi connectivity index (χ1n) is 4.26. The molecule has 1 aromatic rings. The Labute approximate surface area is 81.3 Å². The smallest absolute Gasteiger partial charge is 0.174 e. The summed E-state index contributed by atoms with van der Waals surface area (Å²) in [6.07, 6.45) is -0.546. The van der Waals surface area contributed by atoms with Crippen molar-refractivity contribution in [1.82, 2.24) is 0 Å². The van der Waals surface area contributed by atoms with Crippen LogP contribution in [0.5, 0.6) is 11.5 Å². The van der Waals surface area contributed by atoms with Gasteiger partial charge in [0, 0.05) is 11.6 Å². The van der Waals surface area contributed by atoms with E-state index in [2.05, 4.69) is 0 Å². The molecule has 4 nitrogen and oxygen atoms in total. The van der Waals surface area contributed by atoms with E-state index in [1.807, 2.05) is 6.07 Å². The van der Waals surface area contributed by atoms with E-state index in [0.717, 1.165) is 5.56 Å². The third-order valence-corrected chi connectivity index (χ3v) is 2.04. The Morgan fingerprint density at radius 3 is 3.29 bits per heavy atom. The van der Waals surface area contributed by atoms with Crippen molar-refractivity contribution in [3.05, 3.63) is 23.8 Å². The maximum atomic E-state index is 9.43. The van der Waals surface area contributed by atoms with Gasteiger partial charge in [-0.05, 0) is 12.1 Å². The van der Waals surface area contributed by atoms with Crippen LogP contribution in [0.1, 0.15) is 11.7 Å². The Balaban J connectivity index is 2.20. The monoisotopic (exact) mass is 191 g/mol. The number of aliphatic hydroxyl groups excluding tert-OH is 1. The highest BCUT2D eigenvalue weighted by Gasteiger charge is 2.21. The van der Waals surface area contributed by atoms with Crippen molar-refractivity contribution in [3.63, 3.8) is 0 Å². The molecule has 1 atom stereocenters. The van der Waals surface area contributed by atoms with E-state index in [1.165, 1.54) is 0 Å². The first-order valence-corrected chi connectivity index (χ1v) is 4.26. The molecule has 1 aromatic carbocycles. The van der Waals surface area contributed by atoms with Crippen LogP contribution in [0.2, 0.25) is 0 Å². The highest BCUT2D eigenvalue weighted by atomic mass is 16.5. The zero-order valence-corrected chi connectivity index (χ0v) is 7.43. The van der Waals surface area contributed by atoms with Gasteiger partial charge in [-0.2, -0.15) is 5.26 Å². The van der Waals surface area contributed by atoms with E-state index in [9.17, 15) is 5.11 Å². The minimum Gasteiger partial charge on any atom is -0.490 e. The minimum absolute atomic E-state index is 0.0152. The van der Waals surface area contributed by atoms with Crippen LogP contribution in [0.15, 0.2) is 18.2 Å². The summed E-state index contributed by atoms with van der Waals surface area (Å²) < 4.78 is 10.3. The van der Waals surface area contributed by atoms with Crippen molar-refractivity contribution in [1.29, 1.82) is 5.26 Å². The molecule has 0 spiro atoms. The van der Waals surface area contributed by atoms with Crippen LogP contribution in [0.4, 0.5) is 0 Å². The summed E-state index contributed by atoms with van der Waals surface area (Å²) in [5, 5.41) is 17.7. The van der Waals surface area contributed by atoms with Crippen molar-refractivity contribution in [2.45, 2.75) is 6.10 Å². The molecule has 0 saturated carbocycles. The van der Waals surface area contributed by atoms with Crippen LogP contribution in [0.25, 0.3) is 0 Å². The van der Waals surface area contributed by atoms with Gasteiger partial charge in [0.1, 0.15) is 30.3 Å². The molecular formula is C10H9NO3. The molecular weight excluding hydrogens is 182 g/mol. The SMILES string of the molecule is N#CCOc1ccc2c(c1)OCC2O. The van der Waals surface area contributed by atoms with Crippen LogP contribution >= 0.6 is 0 Å². The van der Waals surface area contributed by atoms with Gasteiger partial charge < -0.3 is 14.6 Å². The van der Waals surface area contributed by atoms with Crippen LogP contribution in [-0.2, 0) is 0 Å². The van der Waals surface area contributed by atoms with E-state index in [-0.39, 0.29) is 13.2 Å². The maximum absolute atomic E-state index is 9.43. The molecule has 14 heavy (non-hydrogen) atoms. The maximum Gasteiger partial charge on any atom is 0.174 e. The molecule has 0 saturated heterocycles. The second-order valence-electron chi connectivity index (χ2n) is 2.97. The lowest BCUT2D eigenvalue weighted by atomic mass is 10.1. The molecule has 0 bridgehead atoms. The molecule has 4 heteroatoms. The van der Waals surface area contributed by atoms with Crippen molar-refractivity contribution in [2.75, 3.05) is 13.2 Å².